The summed E-state index contributed by atoms with van der Waals surface area (Å²) in [4.78, 5) is 19.2. The molecule has 2 aromatic heterocycles. The van der Waals surface area contributed by atoms with Gasteiger partial charge < -0.3 is 25.6 Å². The van der Waals surface area contributed by atoms with Gasteiger partial charge in [-0.05, 0) is 52.7 Å². The Bertz CT molecular complexity index is 1260. The number of hydrogen-bond acceptors (Lipinski definition) is 11. The van der Waals surface area contributed by atoms with Crippen molar-refractivity contribution < 1.29 is 14.9 Å². The fourth-order valence-electron chi connectivity index (χ4n) is 4.88. The van der Waals surface area contributed by atoms with Crippen LogP contribution in [0.15, 0.2) is 29.3 Å². The van der Waals surface area contributed by atoms with Crippen molar-refractivity contribution in [2.75, 3.05) is 29.5 Å². The van der Waals surface area contributed by atoms with Crippen LogP contribution in [0.3, 0.4) is 0 Å². The SMILES string of the molecule is Cc1nc(NCC2=NC(C)CS2)nc(N[C@@H]2C[C@H](CO)[C@@H](OC(C)(C)O)C2)c1-c1nc2ccccc2s1. The normalized spacial score (nSPS) is 24.0. The van der Waals surface area contributed by atoms with Crippen LogP contribution in [0, 0.1) is 12.8 Å². The minimum absolute atomic E-state index is 0.00252. The van der Waals surface area contributed by atoms with Gasteiger partial charge in [0.25, 0.3) is 0 Å². The van der Waals surface area contributed by atoms with Crippen LogP contribution >= 0.6 is 23.1 Å². The third-order valence-corrected chi connectivity index (χ3v) is 8.78. The molecule has 4 atom stereocenters. The standard InChI is InChI=1S/C26H34N6O3S2/c1-14-13-36-21(28-14)11-27-25-29-15(2)22(24-31-18-7-5-6-8-20(18)37-24)23(32-25)30-17-9-16(12-33)19(10-17)35-26(3,4)34/h5-8,14,16-17,19,33-34H,9-13H2,1-4H3,(H2,27,29,30,32)/t14?,16-,17-,19+/m1/s1. The largest absolute Gasteiger partial charge is 0.396 e. The van der Waals surface area contributed by atoms with Gasteiger partial charge in [0.15, 0.2) is 5.79 Å². The highest BCUT2D eigenvalue weighted by molar-refractivity contribution is 8.14. The quantitative estimate of drug-likeness (QED) is 0.293. The lowest BCUT2D eigenvalue weighted by atomic mass is 10.1. The predicted octanol–water partition coefficient (Wildman–Crippen LogP) is 4.30. The fraction of sp³-hybridized carbons (Fsp3) is 0.538. The van der Waals surface area contributed by atoms with Gasteiger partial charge in [-0.25, -0.2) is 9.97 Å². The summed E-state index contributed by atoms with van der Waals surface area (Å²) in [5.41, 5.74) is 2.65. The fourth-order valence-corrected chi connectivity index (χ4v) is 6.88. The van der Waals surface area contributed by atoms with Crippen LogP contribution in [0.2, 0.25) is 0 Å². The lowest BCUT2D eigenvalue weighted by Crippen LogP contribution is -2.33. The molecular formula is C26H34N6O3S2. The monoisotopic (exact) mass is 542 g/mol. The van der Waals surface area contributed by atoms with E-state index in [1.54, 1.807) is 36.9 Å². The Hall–Kier alpha value is -2.31. The van der Waals surface area contributed by atoms with E-state index in [4.69, 9.17) is 19.7 Å². The molecule has 0 amide bonds. The first-order valence-corrected chi connectivity index (χ1v) is 14.4. The highest BCUT2D eigenvalue weighted by Crippen LogP contribution is 2.39. The summed E-state index contributed by atoms with van der Waals surface area (Å²) in [5, 5.41) is 29.0. The number of aromatic nitrogens is 3. The maximum atomic E-state index is 10.2. The molecule has 0 bridgehead atoms. The average molecular weight is 543 g/mol. The maximum absolute atomic E-state index is 10.2. The molecule has 9 nitrogen and oxygen atoms in total. The molecule has 2 aliphatic rings. The van der Waals surface area contributed by atoms with Crippen molar-refractivity contribution >= 4 is 50.1 Å². The Morgan fingerprint density at radius 1 is 1.16 bits per heavy atom. The van der Waals surface area contributed by atoms with Gasteiger partial charge >= 0.3 is 0 Å². The van der Waals surface area contributed by atoms with E-state index in [9.17, 15) is 10.2 Å². The van der Waals surface area contributed by atoms with Gasteiger partial charge in [-0.1, -0.05) is 12.1 Å². The Labute approximate surface area is 225 Å². The number of thiazole rings is 1. The van der Waals surface area contributed by atoms with Crippen LogP contribution in [0.25, 0.3) is 20.8 Å². The molecule has 37 heavy (non-hydrogen) atoms. The molecule has 1 aromatic carbocycles. The van der Waals surface area contributed by atoms with Gasteiger partial charge in [0.1, 0.15) is 10.8 Å². The van der Waals surface area contributed by atoms with Crippen molar-refractivity contribution in [1.82, 2.24) is 15.0 Å². The second-order valence-corrected chi connectivity index (χ2v) is 12.4. The number of para-hydroxylation sites is 1. The summed E-state index contributed by atoms with van der Waals surface area (Å²) >= 11 is 3.38. The minimum Gasteiger partial charge on any atom is -0.396 e. The van der Waals surface area contributed by atoms with Gasteiger partial charge in [0.2, 0.25) is 5.95 Å². The van der Waals surface area contributed by atoms with E-state index in [2.05, 4.69) is 28.6 Å². The molecule has 1 fully saturated rings. The van der Waals surface area contributed by atoms with Crippen LogP contribution in [0.5, 0.6) is 0 Å². The number of aliphatic hydroxyl groups excluding tert-OH is 1. The molecule has 198 valence electrons. The topological polar surface area (TPSA) is 125 Å². The number of thioether (sulfide) groups is 1. The van der Waals surface area contributed by atoms with E-state index in [0.717, 1.165) is 37.3 Å². The molecule has 4 N–H and O–H groups in total. The van der Waals surface area contributed by atoms with E-state index in [-0.39, 0.29) is 24.7 Å². The van der Waals surface area contributed by atoms with Crippen LogP contribution in [-0.4, -0.2) is 73.1 Å². The van der Waals surface area contributed by atoms with E-state index < -0.39 is 5.79 Å². The number of hydrogen-bond donors (Lipinski definition) is 4. The van der Waals surface area contributed by atoms with Gasteiger partial charge in [-0.2, -0.15) is 4.98 Å². The zero-order valence-corrected chi connectivity index (χ0v) is 23.2. The predicted molar refractivity (Wildman–Crippen MR) is 152 cm³/mol. The molecule has 0 spiro atoms. The maximum Gasteiger partial charge on any atom is 0.225 e. The zero-order valence-electron chi connectivity index (χ0n) is 21.6. The minimum atomic E-state index is -1.26. The first-order valence-electron chi connectivity index (χ1n) is 12.6. The number of aliphatic imine (C=N–C) groups is 1. The number of nitrogens with one attached hydrogen (secondary N) is 2. The molecule has 1 aliphatic carbocycles. The lowest BCUT2D eigenvalue weighted by Gasteiger charge is -2.26. The summed E-state index contributed by atoms with van der Waals surface area (Å²) in [6.07, 6.45) is 1.09. The first-order chi connectivity index (χ1) is 17.7. The molecule has 11 heteroatoms. The number of ether oxygens (including phenoxy) is 1. The van der Waals surface area contributed by atoms with Crippen molar-refractivity contribution in [2.24, 2.45) is 10.9 Å². The smallest absolute Gasteiger partial charge is 0.225 e. The van der Waals surface area contributed by atoms with E-state index in [0.29, 0.717) is 37.2 Å². The van der Waals surface area contributed by atoms with Crippen molar-refractivity contribution in [3.8, 4) is 10.6 Å². The van der Waals surface area contributed by atoms with Gasteiger partial charge in [0.05, 0.1) is 45.2 Å². The van der Waals surface area contributed by atoms with Crippen LogP contribution in [-0.2, 0) is 4.74 Å². The Kier molecular flexibility index (Phi) is 7.69. The third-order valence-electron chi connectivity index (χ3n) is 6.50. The molecular weight excluding hydrogens is 508 g/mol. The highest BCUT2D eigenvalue weighted by Gasteiger charge is 2.38. The molecule has 0 saturated heterocycles. The molecule has 5 rings (SSSR count). The number of nitrogens with zero attached hydrogens (tertiary/aromatic N) is 4. The highest BCUT2D eigenvalue weighted by atomic mass is 32.2. The van der Waals surface area contributed by atoms with E-state index in [1.165, 1.54) is 0 Å². The second kappa shape index (κ2) is 10.8. The van der Waals surface area contributed by atoms with Crippen molar-refractivity contribution in [2.45, 2.75) is 64.5 Å². The van der Waals surface area contributed by atoms with E-state index >= 15 is 0 Å². The summed E-state index contributed by atoms with van der Waals surface area (Å²) in [6.45, 7) is 7.92. The number of aryl methyl sites for hydroxylation is 1. The summed E-state index contributed by atoms with van der Waals surface area (Å²) < 4.78 is 6.97. The summed E-state index contributed by atoms with van der Waals surface area (Å²) in [6, 6.07) is 8.43. The molecule has 0 radical (unpaired) electrons. The van der Waals surface area contributed by atoms with Gasteiger partial charge in [-0.3, -0.25) is 4.99 Å². The summed E-state index contributed by atoms with van der Waals surface area (Å²) in [5.74, 6) is 0.902. The second-order valence-electron chi connectivity index (χ2n) is 10.2. The van der Waals surface area contributed by atoms with Crippen LogP contribution < -0.4 is 10.6 Å². The van der Waals surface area contributed by atoms with Crippen molar-refractivity contribution in [3.63, 3.8) is 0 Å². The molecule has 3 aromatic rings. The van der Waals surface area contributed by atoms with Crippen molar-refractivity contribution in [3.05, 3.63) is 30.0 Å². The third kappa shape index (κ3) is 6.23. The first kappa shape index (κ1) is 26.3. The number of aliphatic hydroxyl groups is 2. The molecule has 1 saturated carbocycles. The Morgan fingerprint density at radius 2 is 1.97 bits per heavy atom. The Morgan fingerprint density at radius 3 is 2.68 bits per heavy atom. The van der Waals surface area contributed by atoms with E-state index in [1.807, 2.05) is 25.1 Å². The van der Waals surface area contributed by atoms with Crippen molar-refractivity contribution in [1.29, 1.82) is 0 Å². The number of rotatable bonds is 9. The molecule has 1 aliphatic heterocycles. The zero-order chi connectivity index (χ0) is 26.2. The lowest BCUT2D eigenvalue weighted by molar-refractivity contribution is -0.214. The van der Waals surface area contributed by atoms with Gasteiger partial charge in [0, 0.05) is 24.3 Å². The molecule has 3 heterocycles. The van der Waals surface area contributed by atoms with Gasteiger partial charge in [-0.15, -0.1) is 23.1 Å². The number of anilines is 2. The summed E-state index contributed by atoms with van der Waals surface area (Å²) in [7, 11) is 0. The molecule has 1 unspecified atom stereocenters. The van der Waals surface area contributed by atoms with Crippen LogP contribution in [0.4, 0.5) is 11.8 Å². The number of benzene rings is 1. The Balaban J connectivity index is 1.45. The average Bonchev–Trinajstić information content (AvgIpc) is 3.54. The van der Waals surface area contributed by atoms with Crippen LogP contribution in [0.1, 0.15) is 39.3 Å². The number of fused-ring (bicyclic) bond motifs is 1.